The fourth-order valence-electron chi connectivity index (χ4n) is 2.38. The van der Waals surface area contributed by atoms with Gasteiger partial charge in [-0.25, -0.2) is 4.39 Å². The highest BCUT2D eigenvalue weighted by atomic mass is 35.5. The fourth-order valence-corrected chi connectivity index (χ4v) is 2.38. The number of hydrogen-bond acceptors (Lipinski definition) is 2. The van der Waals surface area contributed by atoms with Gasteiger partial charge >= 0.3 is 0 Å². The van der Waals surface area contributed by atoms with Crippen molar-refractivity contribution in [3.63, 3.8) is 0 Å². The fraction of sp³-hybridized carbons (Fsp3) is 0.538. The van der Waals surface area contributed by atoms with Gasteiger partial charge in [-0.15, -0.1) is 12.4 Å². The zero-order valence-corrected chi connectivity index (χ0v) is 10.9. The molecule has 0 amide bonds. The molecular weight excluding hydrogens is 239 g/mol. The van der Waals surface area contributed by atoms with Crippen LogP contribution in [0.2, 0.25) is 0 Å². The van der Waals surface area contributed by atoms with E-state index < -0.39 is 0 Å². The molecule has 0 spiro atoms. The number of likely N-dealkylation sites (tertiary alicyclic amines) is 1. The Hall–Kier alpha value is -0.640. The van der Waals surface area contributed by atoms with Crippen molar-refractivity contribution in [1.29, 1.82) is 0 Å². The van der Waals surface area contributed by atoms with Gasteiger partial charge in [-0.3, -0.25) is 4.90 Å². The zero-order chi connectivity index (χ0) is 11.5. The molecular formula is C13H20ClFN2. The smallest absolute Gasteiger partial charge is 0.123 e. The minimum Gasteiger partial charge on any atom is -0.330 e. The second-order valence-electron chi connectivity index (χ2n) is 4.62. The van der Waals surface area contributed by atoms with E-state index in [0.717, 1.165) is 31.6 Å². The predicted molar refractivity (Wildman–Crippen MR) is 70.8 cm³/mol. The number of halogens is 2. The van der Waals surface area contributed by atoms with Crippen LogP contribution in [0, 0.1) is 11.7 Å². The molecule has 2 atom stereocenters. The monoisotopic (exact) mass is 258 g/mol. The summed E-state index contributed by atoms with van der Waals surface area (Å²) in [6.07, 6.45) is 1.16. The van der Waals surface area contributed by atoms with Gasteiger partial charge in [0.1, 0.15) is 5.82 Å². The van der Waals surface area contributed by atoms with E-state index in [1.165, 1.54) is 6.07 Å². The Morgan fingerprint density at radius 3 is 2.88 bits per heavy atom. The third kappa shape index (κ3) is 3.41. The molecule has 1 aromatic carbocycles. The summed E-state index contributed by atoms with van der Waals surface area (Å²) in [6, 6.07) is 7.16. The summed E-state index contributed by atoms with van der Waals surface area (Å²) >= 11 is 0. The van der Waals surface area contributed by atoms with Gasteiger partial charge in [0.2, 0.25) is 0 Å². The Kier molecular flexibility index (Phi) is 5.37. The van der Waals surface area contributed by atoms with Crippen molar-refractivity contribution in [1.82, 2.24) is 4.90 Å². The van der Waals surface area contributed by atoms with Crippen molar-refractivity contribution in [2.24, 2.45) is 11.7 Å². The minimum absolute atomic E-state index is 0. The Bertz CT molecular complexity index is 359. The molecule has 0 aliphatic carbocycles. The molecule has 0 saturated carbocycles. The van der Waals surface area contributed by atoms with Crippen LogP contribution < -0.4 is 5.73 Å². The second-order valence-corrected chi connectivity index (χ2v) is 4.62. The summed E-state index contributed by atoms with van der Waals surface area (Å²) in [5.74, 6) is 0.454. The molecule has 1 aromatic rings. The lowest BCUT2D eigenvalue weighted by atomic mass is 10.1. The molecule has 1 aliphatic heterocycles. The molecule has 2 unspecified atom stereocenters. The first-order valence-corrected chi connectivity index (χ1v) is 5.90. The van der Waals surface area contributed by atoms with Crippen LogP contribution in [0.4, 0.5) is 4.39 Å². The lowest BCUT2D eigenvalue weighted by Gasteiger charge is -2.24. The average Bonchev–Trinajstić information content (AvgIpc) is 2.76. The average molecular weight is 259 g/mol. The van der Waals surface area contributed by atoms with Gasteiger partial charge in [-0.05, 0) is 50.0 Å². The quantitative estimate of drug-likeness (QED) is 0.903. The van der Waals surface area contributed by atoms with Crippen LogP contribution in [0.25, 0.3) is 0 Å². The van der Waals surface area contributed by atoms with E-state index in [1.54, 1.807) is 12.1 Å². The first kappa shape index (κ1) is 14.4. The van der Waals surface area contributed by atoms with E-state index in [9.17, 15) is 4.39 Å². The lowest BCUT2D eigenvalue weighted by molar-refractivity contribution is 0.253. The van der Waals surface area contributed by atoms with E-state index in [0.29, 0.717) is 5.92 Å². The molecule has 1 saturated heterocycles. The first-order valence-electron chi connectivity index (χ1n) is 5.90. The van der Waals surface area contributed by atoms with Crippen molar-refractivity contribution in [3.8, 4) is 0 Å². The number of nitrogens with two attached hydrogens (primary N) is 1. The van der Waals surface area contributed by atoms with Crippen LogP contribution in [0.1, 0.15) is 24.9 Å². The first-order chi connectivity index (χ1) is 7.70. The molecule has 2 nitrogen and oxygen atoms in total. The molecule has 96 valence electrons. The Labute approximate surface area is 108 Å². The number of hydrogen-bond donors (Lipinski definition) is 1. The summed E-state index contributed by atoms with van der Waals surface area (Å²) in [5, 5.41) is 0. The van der Waals surface area contributed by atoms with Crippen LogP contribution >= 0.6 is 12.4 Å². The Morgan fingerprint density at radius 1 is 1.53 bits per heavy atom. The van der Waals surface area contributed by atoms with Gasteiger partial charge in [-0.1, -0.05) is 12.1 Å². The van der Waals surface area contributed by atoms with Crippen molar-refractivity contribution in [3.05, 3.63) is 35.6 Å². The van der Waals surface area contributed by atoms with Crippen molar-refractivity contribution >= 4 is 12.4 Å². The maximum absolute atomic E-state index is 13.1. The largest absolute Gasteiger partial charge is 0.330 e. The van der Waals surface area contributed by atoms with Crippen LogP contribution in [0.15, 0.2) is 24.3 Å². The molecule has 1 fully saturated rings. The molecule has 2 N–H and O–H groups in total. The third-order valence-corrected chi connectivity index (χ3v) is 3.53. The van der Waals surface area contributed by atoms with Crippen molar-refractivity contribution < 1.29 is 4.39 Å². The summed E-state index contributed by atoms with van der Waals surface area (Å²) in [5.41, 5.74) is 6.73. The molecule has 2 rings (SSSR count). The number of rotatable bonds is 3. The summed E-state index contributed by atoms with van der Waals surface area (Å²) in [7, 11) is 0. The number of nitrogens with zero attached hydrogens (tertiary/aromatic N) is 1. The lowest BCUT2D eigenvalue weighted by Crippen LogP contribution is -2.26. The van der Waals surface area contributed by atoms with Gasteiger partial charge in [0.15, 0.2) is 0 Å². The standard InChI is InChI=1S/C13H19FN2.ClH/c1-10(12-3-2-4-13(14)7-12)16-6-5-11(8-15)9-16;/h2-4,7,10-11H,5-6,8-9,15H2,1H3;1H. The van der Waals surface area contributed by atoms with E-state index in [4.69, 9.17) is 5.73 Å². The van der Waals surface area contributed by atoms with E-state index in [1.807, 2.05) is 6.07 Å². The maximum atomic E-state index is 13.1. The number of benzene rings is 1. The zero-order valence-electron chi connectivity index (χ0n) is 10.1. The highest BCUT2D eigenvalue weighted by Crippen LogP contribution is 2.27. The SMILES string of the molecule is CC(c1cccc(F)c1)N1CCC(CN)C1.Cl. The highest BCUT2D eigenvalue weighted by molar-refractivity contribution is 5.85. The molecule has 0 bridgehead atoms. The van der Waals surface area contributed by atoms with Gasteiger partial charge in [0.25, 0.3) is 0 Å². The molecule has 0 radical (unpaired) electrons. The van der Waals surface area contributed by atoms with Crippen molar-refractivity contribution in [2.75, 3.05) is 19.6 Å². The third-order valence-electron chi connectivity index (χ3n) is 3.53. The van der Waals surface area contributed by atoms with Crippen LogP contribution in [0.3, 0.4) is 0 Å². The summed E-state index contributed by atoms with van der Waals surface area (Å²) < 4.78 is 13.1. The molecule has 1 aliphatic rings. The molecule has 0 aromatic heterocycles. The Morgan fingerprint density at radius 2 is 2.29 bits per heavy atom. The second kappa shape index (κ2) is 6.34. The Balaban J connectivity index is 0.00000144. The molecule has 4 heteroatoms. The predicted octanol–water partition coefficient (Wildman–Crippen LogP) is 2.59. The van der Waals surface area contributed by atoms with E-state index in [2.05, 4.69) is 11.8 Å². The highest BCUT2D eigenvalue weighted by Gasteiger charge is 2.25. The normalized spacial score (nSPS) is 22.2. The van der Waals surface area contributed by atoms with Gasteiger partial charge in [-0.2, -0.15) is 0 Å². The molecule has 17 heavy (non-hydrogen) atoms. The van der Waals surface area contributed by atoms with Crippen molar-refractivity contribution in [2.45, 2.75) is 19.4 Å². The molecule has 1 heterocycles. The van der Waals surface area contributed by atoms with Crippen LogP contribution in [-0.2, 0) is 0 Å². The van der Waals surface area contributed by atoms with Gasteiger partial charge in [0.05, 0.1) is 0 Å². The minimum atomic E-state index is -0.154. The topological polar surface area (TPSA) is 29.3 Å². The van der Waals surface area contributed by atoms with Gasteiger partial charge in [0, 0.05) is 12.6 Å². The summed E-state index contributed by atoms with van der Waals surface area (Å²) in [6.45, 7) is 4.99. The van der Waals surface area contributed by atoms with E-state index in [-0.39, 0.29) is 24.3 Å². The van der Waals surface area contributed by atoms with E-state index >= 15 is 0 Å². The van der Waals surface area contributed by atoms with Crippen LogP contribution in [0.5, 0.6) is 0 Å². The van der Waals surface area contributed by atoms with Crippen LogP contribution in [-0.4, -0.2) is 24.5 Å². The maximum Gasteiger partial charge on any atom is 0.123 e. The van der Waals surface area contributed by atoms with Gasteiger partial charge < -0.3 is 5.73 Å². The summed E-state index contributed by atoms with van der Waals surface area (Å²) in [4.78, 5) is 2.38.